The minimum Gasteiger partial charge on any atom is -0.350 e. The quantitative estimate of drug-likeness (QED) is 0.329. The molecule has 4 N–H and O–H groups in total. The van der Waals surface area contributed by atoms with E-state index in [4.69, 9.17) is 15.3 Å². The Hall–Kier alpha value is -2.27. The monoisotopic (exact) mass is 536 g/mol. The van der Waals surface area contributed by atoms with Crippen LogP contribution in [0.3, 0.4) is 0 Å². The highest BCUT2D eigenvalue weighted by Gasteiger charge is 2.36. The molecule has 1 saturated heterocycles. The lowest BCUT2D eigenvalue weighted by Gasteiger charge is -2.32. The van der Waals surface area contributed by atoms with Crippen molar-refractivity contribution in [3.05, 3.63) is 28.5 Å². The van der Waals surface area contributed by atoms with E-state index < -0.39 is 24.2 Å². The molecule has 2 heterocycles. The molecule has 4 atom stereocenters. The lowest BCUT2D eigenvalue weighted by Crippen LogP contribution is -2.55. The number of hydrogen-bond acceptors (Lipinski definition) is 7. The molecule has 0 aliphatic carbocycles. The Morgan fingerprint density at radius 3 is 2.49 bits per heavy atom. The number of nitrogens with two attached hydrogens (primary N) is 1. The molecule has 1 aromatic rings. The number of nitrogens with zero attached hydrogens (tertiary/aromatic N) is 1. The topological polar surface area (TPSA) is 123 Å². The molecule has 2 unspecified atom stereocenters. The van der Waals surface area contributed by atoms with E-state index in [1.165, 1.54) is 5.01 Å². The highest BCUT2D eigenvalue weighted by Crippen LogP contribution is 2.26. The first kappa shape index (κ1) is 31.0. The Bertz CT molecular complexity index is 866. The van der Waals surface area contributed by atoms with Gasteiger partial charge in [-0.25, -0.2) is 10.3 Å². The van der Waals surface area contributed by atoms with Gasteiger partial charge in [-0.15, -0.1) is 11.3 Å². The van der Waals surface area contributed by atoms with Gasteiger partial charge in [0.2, 0.25) is 11.8 Å². The summed E-state index contributed by atoms with van der Waals surface area (Å²) in [7, 11) is 0. The standard InChI is InChI=1S/C27H44N4O5S/c1-18(2)16-23(25(32)29-31(17-19(3)4)27(34)20(5)28)22(12-8-10-21-11-9-15-37-21)26(33)30-36-24-13-6-7-14-35-24/h8-11,15,18-20,22-24H,6-7,12-14,16-17,28H2,1-5H3,(H,29,32)(H,30,33)/t20-,22?,23?,24-/m1/s1. The maximum atomic E-state index is 13.6. The van der Waals surface area contributed by atoms with E-state index in [0.29, 0.717) is 32.4 Å². The third-order valence-electron chi connectivity index (χ3n) is 5.98. The second-order valence-corrected chi connectivity index (χ2v) is 11.5. The number of carbonyl (C=O) groups is 3. The summed E-state index contributed by atoms with van der Waals surface area (Å²) in [6.45, 7) is 10.4. The number of allylic oxidation sites excluding steroid dienone is 1. The van der Waals surface area contributed by atoms with Gasteiger partial charge in [0.15, 0.2) is 6.29 Å². The summed E-state index contributed by atoms with van der Waals surface area (Å²) in [6, 6.07) is 3.18. The Kier molecular flexibility index (Phi) is 13.3. The molecule has 208 valence electrons. The van der Waals surface area contributed by atoms with Crippen molar-refractivity contribution in [2.45, 2.75) is 79.1 Å². The first-order valence-electron chi connectivity index (χ1n) is 13.2. The van der Waals surface area contributed by atoms with Crippen LogP contribution in [-0.4, -0.2) is 48.2 Å². The number of thiophene rings is 1. The SMILES string of the molecule is CC(C)CC(C(=O)NN(CC(C)C)C(=O)[C@@H](C)N)C(CC=Cc1cccs1)C(=O)NO[C@@H]1CCCCO1. The number of hydrogen-bond donors (Lipinski definition) is 3. The number of rotatable bonds is 13. The van der Waals surface area contributed by atoms with Crippen LogP contribution in [0.15, 0.2) is 23.6 Å². The smallest absolute Gasteiger partial charge is 0.257 e. The normalized spacial score (nSPS) is 18.5. The lowest BCUT2D eigenvalue weighted by molar-refractivity contribution is -0.203. The van der Waals surface area contributed by atoms with E-state index in [1.54, 1.807) is 18.3 Å². The Morgan fingerprint density at radius 2 is 1.92 bits per heavy atom. The molecule has 9 nitrogen and oxygen atoms in total. The molecule has 0 spiro atoms. The first-order chi connectivity index (χ1) is 17.6. The minimum absolute atomic E-state index is 0.114. The van der Waals surface area contributed by atoms with Gasteiger partial charge in [-0.3, -0.25) is 24.8 Å². The molecule has 3 amide bonds. The zero-order chi connectivity index (χ0) is 27.4. The van der Waals surface area contributed by atoms with Crippen molar-refractivity contribution >= 4 is 35.1 Å². The third kappa shape index (κ3) is 10.9. The van der Waals surface area contributed by atoms with Gasteiger partial charge in [0.25, 0.3) is 5.91 Å². The van der Waals surface area contributed by atoms with Gasteiger partial charge in [0.05, 0.1) is 17.9 Å². The van der Waals surface area contributed by atoms with E-state index in [2.05, 4.69) is 10.9 Å². The zero-order valence-corrected chi connectivity index (χ0v) is 23.6. The van der Waals surface area contributed by atoms with Crippen LogP contribution in [0.2, 0.25) is 0 Å². The largest absolute Gasteiger partial charge is 0.350 e. The van der Waals surface area contributed by atoms with Gasteiger partial charge >= 0.3 is 0 Å². The molecule has 0 bridgehead atoms. The van der Waals surface area contributed by atoms with Crippen LogP contribution in [0.1, 0.15) is 71.6 Å². The molecule has 1 aliphatic rings. The highest BCUT2D eigenvalue weighted by atomic mass is 32.1. The fourth-order valence-electron chi connectivity index (χ4n) is 4.15. The summed E-state index contributed by atoms with van der Waals surface area (Å²) in [4.78, 5) is 46.4. The van der Waals surface area contributed by atoms with Crippen LogP contribution in [0.5, 0.6) is 0 Å². The van der Waals surface area contributed by atoms with Gasteiger partial charge in [-0.1, -0.05) is 39.8 Å². The molecular weight excluding hydrogens is 492 g/mol. The van der Waals surface area contributed by atoms with Gasteiger partial charge in [0, 0.05) is 24.4 Å². The van der Waals surface area contributed by atoms with Crippen LogP contribution in [0.4, 0.5) is 0 Å². The van der Waals surface area contributed by atoms with Gasteiger partial charge in [-0.05, 0) is 62.0 Å². The second kappa shape index (κ2) is 15.9. The average Bonchev–Trinajstić information content (AvgIpc) is 3.37. The number of ether oxygens (including phenoxy) is 1. The third-order valence-corrected chi connectivity index (χ3v) is 6.81. The summed E-state index contributed by atoms with van der Waals surface area (Å²) in [5.74, 6) is -2.31. The summed E-state index contributed by atoms with van der Waals surface area (Å²) in [5.41, 5.74) is 11.2. The van der Waals surface area contributed by atoms with Crippen LogP contribution in [0, 0.1) is 23.7 Å². The summed E-state index contributed by atoms with van der Waals surface area (Å²) >= 11 is 1.59. The van der Waals surface area contributed by atoms with Crippen LogP contribution in [-0.2, 0) is 24.0 Å². The van der Waals surface area contributed by atoms with Crippen LogP contribution < -0.4 is 16.6 Å². The molecule has 1 aromatic heterocycles. The molecule has 0 aromatic carbocycles. The molecular formula is C27H44N4O5S. The molecule has 2 rings (SSSR count). The van der Waals surface area contributed by atoms with E-state index in [9.17, 15) is 14.4 Å². The fraction of sp³-hybridized carbons (Fsp3) is 0.667. The van der Waals surface area contributed by atoms with Crippen LogP contribution >= 0.6 is 11.3 Å². The van der Waals surface area contributed by atoms with Crippen molar-refractivity contribution in [3.63, 3.8) is 0 Å². The maximum absolute atomic E-state index is 13.6. The second-order valence-electron chi connectivity index (χ2n) is 10.5. The molecule has 0 radical (unpaired) electrons. The van der Waals surface area contributed by atoms with Gasteiger partial charge in [-0.2, -0.15) is 0 Å². The predicted octanol–water partition coefficient (Wildman–Crippen LogP) is 3.87. The van der Waals surface area contributed by atoms with E-state index in [1.807, 2.05) is 57.4 Å². The van der Waals surface area contributed by atoms with Crippen molar-refractivity contribution in [3.8, 4) is 0 Å². The van der Waals surface area contributed by atoms with Crippen molar-refractivity contribution in [1.82, 2.24) is 15.9 Å². The molecule has 37 heavy (non-hydrogen) atoms. The summed E-state index contributed by atoms with van der Waals surface area (Å²) in [6.07, 6.45) is 6.77. The lowest BCUT2D eigenvalue weighted by atomic mass is 9.82. The van der Waals surface area contributed by atoms with Crippen molar-refractivity contribution in [1.29, 1.82) is 0 Å². The van der Waals surface area contributed by atoms with Gasteiger partial charge < -0.3 is 10.5 Å². The number of amides is 3. The molecule has 0 saturated carbocycles. The molecule has 1 fully saturated rings. The summed E-state index contributed by atoms with van der Waals surface area (Å²) in [5, 5.41) is 3.27. The predicted molar refractivity (Wildman–Crippen MR) is 146 cm³/mol. The number of carbonyl (C=O) groups excluding carboxylic acids is 3. The van der Waals surface area contributed by atoms with Crippen molar-refractivity contribution in [2.75, 3.05) is 13.2 Å². The van der Waals surface area contributed by atoms with Crippen molar-refractivity contribution in [2.24, 2.45) is 29.4 Å². The van der Waals surface area contributed by atoms with E-state index >= 15 is 0 Å². The highest BCUT2D eigenvalue weighted by molar-refractivity contribution is 7.10. The number of nitrogens with one attached hydrogen (secondary N) is 2. The Balaban J connectivity index is 2.25. The number of hydrazine groups is 1. The Labute approximate surface area is 225 Å². The average molecular weight is 537 g/mol. The molecule has 10 heteroatoms. The first-order valence-corrected chi connectivity index (χ1v) is 14.1. The van der Waals surface area contributed by atoms with E-state index in [-0.39, 0.29) is 29.6 Å². The molecule has 1 aliphatic heterocycles. The van der Waals surface area contributed by atoms with Crippen molar-refractivity contribution < 1.29 is 24.0 Å². The Morgan fingerprint density at radius 1 is 1.16 bits per heavy atom. The van der Waals surface area contributed by atoms with E-state index in [0.717, 1.165) is 17.7 Å². The maximum Gasteiger partial charge on any atom is 0.257 e. The summed E-state index contributed by atoms with van der Waals surface area (Å²) < 4.78 is 5.56. The number of hydroxylamine groups is 1. The van der Waals surface area contributed by atoms with Crippen LogP contribution in [0.25, 0.3) is 6.08 Å². The zero-order valence-electron chi connectivity index (χ0n) is 22.8. The minimum atomic E-state index is -0.765. The fourth-order valence-corrected chi connectivity index (χ4v) is 4.80. The van der Waals surface area contributed by atoms with Gasteiger partial charge in [0.1, 0.15) is 0 Å².